The number of nitrogens with one attached hydrogen (secondary N) is 2. The molecule has 1 aliphatic heterocycles. The van der Waals surface area contributed by atoms with Gasteiger partial charge in [-0.05, 0) is 51.6 Å². The van der Waals surface area contributed by atoms with E-state index in [0.717, 1.165) is 12.8 Å². The normalized spacial score (nSPS) is 16.4. The predicted molar refractivity (Wildman–Crippen MR) is 161 cm³/mol. The van der Waals surface area contributed by atoms with Gasteiger partial charge in [0.2, 0.25) is 35.3 Å². The molecule has 7 heterocycles. The molecule has 6 N–H and O–H groups in total. The van der Waals surface area contributed by atoms with Gasteiger partial charge in [0.1, 0.15) is 49.7 Å². The number of carbonyl (C=O) groups excluding carboxylic acids is 2. The second kappa shape index (κ2) is 13.5. The summed E-state index contributed by atoms with van der Waals surface area (Å²) in [5, 5.41) is 5.80. The van der Waals surface area contributed by atoms with E-state index in [1.54, 1.807) is 0 Å². The minimum absolute atomic E-state index is 0.00286. The smallest absolute Gasteiger partial charge is 0.273 e. The number of fused-ring (bicyclic) bond motifs is 16. The summed E-state index contributed by atoms with van der Waals surface area (Å²) in [6.45, 7) is 0.964. The van der Waals surface area contributed by atoms with Gasteiger partial charge in [0.25, 0.3) is 11.8 Å². The standard InChI is InChI=1S/C30H30N10O8/c31-7-3-1-5-15-25-37-19(11-45-25)27-35-17(9-43-27)23(41)34-16(6-2-4-8-32)26-38-21(12-46-26)29-40-22(14-48-29)30-39-20(13-47-30)28-36-18(10-44-28)24(42)33-15/h9-16H,1-8,31-32H2,(H,33,42)(H,34,41)/t15-,16-/m0/s1. The molecule has 18 nitrogen and oxygen atoms in total. The molecule has 0 saturated heterocycles. The highest BCUT2D eigenvalue weighted by Crippen LogP contribution is 2.30. The fourth-order valence-corrected chi connectivity index (χ4v) is 5.03. The number of hydrogen-bond acceptors (Lipinski definition) is 16. The van der Waals surface area contributed by atoms with Crippen LogP contribution in [0.1, 0.15) is 83.4 Å². The monoisotopic (exact) mass is 658 g/mol. The van der Waals surface area contributed by atoms with Gasteiger partial charge in [0.15, 0.2) is 34.2 Å². The maximum atomic E-state index is 13.3. The third-order valence-electron chi connectivity index (χ3n) is 7.50. The summed E-state index contributed by atoms with van der Waals surface area (Å²) in [5.74, 6) is -0.299. The van der Waals surface area contributed by atoms with Crippen molar-refractivity contribution in [1.82, 2.24) is 40.5 Å². The van der Waals surface area contributed by atoms with E-state index in [1.165, 1.54) is 37.6 Å². The van der Waals surface area contributed by atoms with Crippen LogP contribution in [-0.4, -0.2) is 54.8 Å². The van der Waals surface area contributed by atoms with E-state index >= 15 is 0 Å². The van der Waals surface area contributed by atoms with E-state index in [0.29, 0.717) is 38.8 Å². The number of oxazole rings is 6. The second-order valence-corrected chi connectivity index (χ2v) is 10.9. The molecule has 0 aromatic carbocycles. The first-order valence-corrected chi connectivity index (χ1v) is 15.3. The number of carbonyl (C=O) groups is 2. The largest absolute Gasteiger partial charge is 0.446 e. The van der Waals surface area contributed by atoms with Crippen LogP contribution >= 0.6 is 0 Å². The van der Waals surface area contributed by atoms with Crippen molar-refractivity contribution in [3.05, 3.63) is 60.7 Å². The van der Waals surface area contributed by atoms with Crippen LogP contribution in [0.3, 0.4) is 0 Å². The van der Waals surface area contributed by atoms with E-state index in [4.69, 9.17) is 38.0 Å². The molecule has 248 valence electrons. The Hall–Kier alpha value is -5.88. The van der Waals surface area contributed by atoms with E-state index in [-0.39, 0.29) is 69.5 Å². The van der Waals surface area contributed by atoms with Crippen molar-refractivity contribution in [3.63, 3.8) is 0 Å². The lowest BCUT2D eigenvalue weighted by molar-refractivity contribution is 0.0914. The highest BCUT2D eigenvalue weighted by atomic mass is 16.4. The maximum Gasteiger partial charge on any atom is 0.273 e. The zero-order chi connectivity index (χ0) is 33.0. The summed E-state index contributed by atoms with van der Waals surface area (Å²) in [5.41, 5.74) is 12.4. The van der Waals surface area contributed by atoms with Crippen LogP contribution in [-0.2, 0) is 0 Å². The number of rotatable bonds is 8. The van der Waals surface area contributed by atoms with E-state index in [1.807, 2.05) is 0 Å². The molecule has 2 amide bonds. The average Bonchev–Trinajstić information content (AvgIpc) is 3.94. The molecule has 0 fully saturated rings. The molecule has 6 aromatic heterocycles. The second-order valence-electron chi connectivity index (χ2n) is 10.9. The highest BCUT2D eigenvalue weighted by molar-refractivity contribution is 5.93. The van der Waals surface area contributed by atoms with Crippen LogP contribution in [0.2, 0.25) is 0 Å². The number of aromatic nitrogens is 6. The van der Waals surface area contributed by atoms with Crippen molar-refractivity contribution < 1.29 is 36.1 Å². The summed E-state index contributed by atoms with van der Waals surface area (Å²) in [7, 11) is 0. The van der Waals surface area contributed by atoms with Crippen molar-refractivity contribution in [3.8, 4) is 46.3 Å². The summed E-state index contributed by atoms with van der Waals surface area (Å²) in [6.07, 6.45) is 11.5. The van der Waals surface area contributed by atoms with Crippen molar-refractivity contribution in [1.29, 1.82) is 0 Å². The van der Waals surface area contributed by atoms with Crippen LogP contribution in [0.5, 0.6) is 0 Å². The lowest BCUT2D eigenvalue weighted by atomic mass is 10.1. The third-order valence-corrected chi connectivity index (χ3v) is 7.50. The van der Waals surface area contributed by atoms with Crippen LogP contribution in [0, 0.1) is 0 Å². The van der Waals surface area contributed by atoms with Crippen molar-refractivity contribution in [2.45, 2.75) is 50.6 Å². The zero-order valence-corrected chi connectivity index (χ0v) is 25.4. The van der Waals surface area contributed by atoms with Gasteiger partial charge in [0, 0.05) is 0 Å². The number of nitrogens with two attached hydrogens (primary N) is 2. The molecular formula is C30H30N10O8. The Kier molecular flexibility index (Phi) is 8.63. The molecule has 6 aromatic rings. The first kappa shape index (κ1) is 30.8. The minimum Gasteiger partial charge on any atom is -0.446 e. The summed E-state index contributed by atoms with van der Waals surface area (Å²) in [6, 6.07) is -1.28. The Bertz CT molecular complexity index is 2010. The summed E-state index contributed by atoms with van der Waals surface area (Å²) in [4.78, 5) is 53.0. The number of hydrogen-bond donors (Lipinski definition) is 4. The minimum atomic E-state index is -0.652. The fraction of sp³-hybridized carbons (Fsp3) is 0.333. The first-order chi connectivity index (χ1) is 23.5. The SMILES string of the molecule is NCCCC[C@@H]1NC(=O)c2coc(n2)-c2coc(n2)-c2coc(n2)-c2coc(n2)[C@H](CCCCN)NC(=O)c2coc(n2)-c2coc1n2. The molecular weight excluding hydrogens is 628 g/mol. The van der Waals surface area contributed by atoms with Crippen LogP contribution in [0.4, 0.5) is 0 Å². The van der Waals surface area contributed by atoms with Crippen LogP contribution in [0.15, 0.2) is 64.1 Å². The summed E-state index contributed by atoms with van der Waals surface area (Å²) < 4.78 is 33.8. The summed E-state index contributed by atoms with van der Waals surface area (Å²) >= 11 is 0. The van der Waals surface area contributed by atoms with E-state index in [9.17, 15) is 9.59 Å². The zero-order valence-electron chi connectivity index (χ0n) is 25.4. The van der Waals surface area contributed by atoms with Crippen molar-refractivity contribution >= 4 is 11.8 Å². The topological polar surface area (TPSA) is 266 Å². The average molecular weight is 659 g/mol. The molecule has 18 heteroatoms. The van der Waals surface area contributed by atoms with Gasteiger partial charge in [0.05, 0.1) is 0 Å². The van der Waals surface area contributed by atoms with Gasteiger partial charge < -0.3 is 48.6 Å². The van der Waals surface area contributed by atoms with Gasteiger partial charge in [-0.15, -0.1) is 0 Å². The lowest BCUT2D eigenvalue weighted by Crippen LogP contribution is -2.29. The Morgan fingerprint density at radius 1 is 0.479 bits per heavy atom. The molecule has 0 radical (unpaired) electrons. The fourth-order valence-electron chi connectivity index (χ4n) is 5.03. The van der Waals surface area contributed by atoms with E-state index in [2.05, 4.69) is 40.5 Å². The Balaban J connectivity index is 1.25. The van der Waals surface area contributed by atoms with Crippen molar-refractivity contribution in [2.24, 2.45) is 11.5 Å². The predicted octanol–water partition coefficient (Wildman–Crippen LogP) is 3.80. The third kappa shape index (κ3) is 6.38. The Morgan fingerprint density at radius 2 is 0.812 bits per heavy atom. The molecule has 7 rings (SSSR count). The molecule has 12 bridgehead atoms. The van der Waals surface area contributed by atoms with E-state index < -0.39 is 23.9 Å². The van der Waals surface area contributed by atoms with Gasteiger partial charge in [-0.25, -0.2) is 29.9 Å². The molecule has 0 unspecified atom stereocenters. The van der Waals surface area contributed by atoms with Crippen LogP contribution < -0.4 is 22.1 Å². The molecule has 0 spiro atoms. The van der Waals surface area contributed by atoms with Gasteiger partial charge in [-0.3, -0.25) is 9.59 Å². The molecule has 0 aliphatic carbocycles. The maximum absolute atomic E-state index is 13.3. The number of unbranched alkanes of at least 4 members (excludes halogenated alkanes) is 2. The molecule has 1 aliphatic rings. The lowest BCUT2D eigenvalue weighted by Gasteiger charge is -2.14. The van der Waals surface area contributed by atoms with Gasteiger partial charge in [-0.2, -0.15) is 0 Å². The number of nitrogens with zero attached hydrogens (tertiary/aromatic N) is 6. The Morgan fingerprint density at radius 3 is 1.21 bits per heavy atom. The molecule has 0 saturated carbocycles. The van der Waals surface area contributed by atoms with Crippen molar-refractivity contribution in [2.75, 3.05) is 13.1 Å². The number of amides is 2. The quantitative estimate of drug-likeness (QED) is 0.169. The highest BCUT2D eigenvalue weighted by Gasteiger charge is 2.27. The molecule has 48 heavy (non-hydrogen) atoms. The van der Waals surface area contributed by atoms with Gasteiger partial charge >= 0.3 is 0 Å². The van der Waals surface area contributed by atoms with Crippen LogP contribution in [0.25, 0.3) is 46.3 Å². The Labute approximate surface area is 270 Å². The first-order valence-electron chi connectivity index (χ1n) is 15.3. The molecule has 2 atom stereocenters. The van der Waals surface area contributed by atoms with Gasteiger partial charge in [-0.1, -0.05) is 0 Å².